The zero-order valence-corrected chi connectivity index (χ0v) is 15.7. The molecule has 142 valence electrons. The van der Waals surface area contributed by atoms with Gasteiger partial charge in [0.15, 0.2) is 0 Å². The minimum atomic E-state index is -1.21. The molecule has 0 aliphatic carbocycles. The maximum absolute atomic E-state index is 12.6. The summed E-state index contributed by atoms with van der Waals surface area (Å²) >= 11 is 0. The van der Waals surface area contributed by atoms with Crippen LogP contribution in [0, 0.1) is 0 Å². The van der Waals surface area contributed by atoms with Crippen LogP contribution in [0.25, 0.3) is 0 Å². The number of carboxylic acid groups (broad SMARTS) is 1. The van der Waals surface area contributed by atoms with Gasteiger partial charge in [0.25, 0.3) is 11.8 Å². The molecule has 0 heterocycles. The van der Waals surface area contributed by atoms with E-state index in [1.54, 1.807) is 63.5 Å². The zero-order chi connectivity index (χ0) is 20.0. The molecule has 0 saturated heterocycles. The van der Waals surface area contributed by atoms with Crippen LogP contribution in [0.3, 0.4) is 0 Å². The fourth-order valence-corrected chi connectivity index (χ4v) is 2.92. The van der Waals surface area contributed by atoms with Crippen LogP contribution in [0.1, 0.15) is 39.6 Å². The highest BCUT2D eigenvalue weighted by atomic mass is 16.4. The summed E-state index contributed by atoms with van der Waals surface area (Å²) in [5, 5.41) is 12.6. The van der Waals surface area contributed by atoms with Crippen LogP contribution in [-0.4, -0.2) is 48.4 Å². The second-order valence-corrected chi connectivity index (χ2v) is 6.57. The summed E-state index contributed by atoms with van der Waals surface area (Å²) in [4.78, 5) is 38.1. The summed E-state index contributed by atoms with van der Waals surface area (Å²) in [5.41, 5.74) is 0.132. The average Bonchev–Trinajstić information content (AvgIpc) is 2.68. The van der Waals surface area contributed by atoms with E-state index in [4.69, 9.17) is 0 Å². The van der Waals surface area contributed by atoms with Gasteiger partial charge in [0.2, 0.25) is 0 Å². The number of nitrogens with one attached hydrogen (secondary N) is 1. The minimum Gasteiger partial charge on any atom is -0.481 e. The molecule has 2 N–H and O–H groups in total. The van der Waals surface area contributed by atoms with Crippen molar-refractivity contribution in [2.24, 2.45) is 0 Å². The summed E-state index contributed by atoms with van der Waals surface area (Å²) in [5.74, 6) is -1.62. The second-order valence-electron chi connectivity index (χ2n) is 6.57. The van der Waals surface area contributed by atoms with Crippen LogP contribution in [0.2, 0.25) is 0 Å². The summed E-state index contributed by atoms with van der Waals surface area (Å²) in [6.07, 6.45) is 0.325. The first-order chi connectivity index (χ1) is 12.8. The van der Waals surface area contributed by atoms with Crippen molar-refractivity contribution < 1.29 is 19.5 Å². The van der Waals surface area contributed by atoms with Crippen LogP contribution in [0.4, 0.5) is 0 Å². The molecule has 0 spiro atoms. The summed E-state index contributed by atoms with van der Waals surface area (Å²) in [7, 11) is 3.27. The van der Waals surface area contributed by atoms with E-state index in [1.165, 1.54) is 11.0 Å². The smallest absolute Gasteiger partial charge is 0.315 e. The van der Waals surface area contributed by atoms with Crippen LogP contribution >= 0.6 is 0 Å². The van der Waals surface area contributed by atoms with Gasteiger partial charge in [-0.25, -0.2) is 0 Å². The third kappa shape index (κ3) is 4.34. The third-order valence-corrected chi connectivity index (χ3v) is 4.67. The van der Waals surface area contributed by atoms with Gasteiger partial charge >= 0.3 is 5.97 Å². The maximum atomic E-state index is 12.6. The normalized spacial score (nSPS) is 12.7. The van der Waals surface area contributed by atoms with E-state index in [0.717, 1.165) is 0 Å². The Balaban J connectivity index is 2.23. The molecule has 0 aliphatic rings. The molecule has 0 aromatic heterocycles. The van der Waals surface area contributed by atoms with Crippen molar-refractivity contribution in [3.05, 3.63) is 71.3 Å². The summed E-state index contributed by atoms with van der Waals surface area (Å²) < 4.78 is 0. The van der Waals surface area contributed by atoms with Crippen molar-refractivity contribution in [2.75, 3.05) is 20.6 Å². The van der Waals surface area contributed by atoms with Gasteiger partial charge in [0.05, 0.1) is 0 Å². The van der Waals surface area contributed by atoms with Crippen molar-refractivity contribution in [1.82, 2.24) is 10.2 Å². The molecule has 6 heteroatoms. The van der Waals surface area contributed by atoms with Gasteiger partial charge in [0, 0.05) is 31.8 Å². The van der Waals surface area contributed by atoms with Gasteiger partial charge in [-0.3, -0.25) is 14.4 Å². The third-order valence-electron chi connectivity index (χ3n) is 4.67. The largest absolute Gasteiger partial charge is 0.481 e. The Labute approximate surface area is 158 Å². The predicted molar refractivity (Wildman–Crippen MR) is 103 cm³/mol. The highest BCUT2D eigenvalue weighted by Gasteiger charge is 2.39. The number of benzene rings is 2. The Hall–Kier alpha value is -3.15. The zero-order valence-electron chi connectivity index (χ0n) is 15.7. The summed E-state index contributed by atoms with van der Waals surface area (Å²) in [6, 6.07) is 15.2. The standard InChI is InChI=1S/C21H24N2O4/c1-4-21(20(26)27,17-11-6-5-7-12-17)14-22-18(24)15-9-8-10-16(13-15)19(25)23(2)3/h5-13H,4,14H2,1-3H3,(H,22,24)(H,26,27). The number of amides is 2. The number of hydrogen-bond acceptors (Lipinski definition) is 3. The molecule has 2 amide bonds. The molecular weight excluding hydrogens is 344 g/mol. The molecule has 0 bridgehead atoms. The van der Waals surface area contributed by atoms with E-state index >= 15 is 0 Å². The average molecular weight is 368 g/mol. The van der Waals surface area contributed by atoms with E-state index in [2.05, 4.69) is 5.32 Å². The highest BCUT2D eigenvalue weighted by molar-refractivity contribution is 5.99. The fraction of sp³-hybridized carbons (Fsp3) is 0.286. The monoisotopic (exact) mass is 368 g/mol. The lowest BCUT2D eigenvalue weighted by molar-refractivity contribution is -0.143. The van der Waals surface area contributed by atoms with Crippen molar-refractivity contribution in [3.63, 3.8) is 0 Å². The molecule has 0 radical (unpaired) electrons. The topological polar surface area (TPSA) is 86.7 Å². The first kappa shape index (κ1) is 20.2. The molecule has 2 aromatic rings. The van der Waals surface area contributed by atoms with Gasteiger partial charge in [0.1, 0.15) is 5.41 Å². The number of carbonyl (C=O) groups excluding carboxylic acids is 2. The van der Waals surface area contributed by atoms with Gasteiger partial charge < -0.3 is 15.3 Å². The molecule has 0 saturated carbocycles. The van der Waals surface area contributed by atoms with E-state index < -0.39 is 17.3 Å². The van der Waals surface area contributed by atoms with Gasteiger partial charge in [-0.2, -0.15) is 0 Å². The molecule has 0 aliphatic heterocycles. The molecule has 6 nitrogen and oxygen atoms in total. The Morgan fingerprint density at radius 2 is 1.63 bits per heavy atom. The molecule has 2 aromatic carbocycles. The lowest BCUT2D eigenvalue weighted by Crippen LogP contribution is -2.46. The predicted octanol–water partition coefficient (Wildman–Crippen LogP) is 2.55. The number of aliphatic carboxylic acids is 1. The number of hydrogen-bond donors (Lipinski definition) is 2. The fourth-order valence-electron chi connectivity index (χ4n) is 2.92. The molecule has 27 heavy (non-hydrogen) atoms. The van der Waals surface area contributed by atoms with E-state index in [0.29, 0.717) is 23.1 Å². The van der Waals surface area contributed by atoms with E-state index in [-0.39, 0.29) is 12.5 Å². The summed E-state index contributed by atoms with van der Waals surface area (Å²) in [6.45, 7) is 1.73. The van der Waals surface area contributed by atoms with Gasteiger partial charge in [-0.15, -0.1) is 0 Å². The van der Waals surface area contributed by atoms with Crippen LogP contribution in [0.5, 0.6) is 0 Å². The quantitative estimate of drug-likeness (QED) is 0.786. The van der Waals surface area contributed by atoms with Crippen molar-refractivity contribution in [3.8, 4) is 0 Å². The van der Waals surface area contributed by atoms with Crippen LogP contribution in [0.15, 0.2) is 54.6 Å². The van der Waals surface area contributed by atoms with Gasteiger partial charge in [-0.1, -0.05) is 43.3 Å². The number of rotatable bonds is 7. The first-order valence-electron chi connectivity index (χ1n) is 8.70. The Kier molecular flexibility index (Phi) is 6.34. The SMILES string of the molecule is CCC(CNC(=O)c1cccc(C(=O)N(C)C)c1)(C(=O)O)c1ccccc1. The Morgan fingerprint density at radius 3 is 2.19 bits per heavy atom. The van der Waals surface area contributed by atoms with E-state index in [9.17, 15) is 19.5 Å². The molecule has 2 rings (SSSR count). The minimum absolute atomic E-state index is 0.0481. The lowest BCUT2D eigenvalue weighted by atomic mass is 9.78. The van der Waals surface area contributed by atoms with Crippen molar-refractivity contribution in [1.29, 1.82) is 0 Å². The first-order valence-corrected chi connectivity index (χ1v) is 8.70. The number of carboxylic acids is 1. The Bertz CT molecular complexity index is 833. The van der Waals surface area contributed by atoms with Crippen LogP contribution in [-0.2, 0) is 10.2 Å². The highest BCUT2D eigenvalue weighted by Crippen LogP contribution is 2.28. The van der Waals surface area contributed by atoms with Crippen molar-refractivity contribution in [2.45, 2.75) is 18.8 Å². The molecular formula is C21H24N2O4. The molecule has 1 unspecified atom stereocenters. The maximum Gasteiger partial charge on any atom is 0.315 e. The van der Waals surface area contributed by atoms with E-state index in [1.807, 2.05) is 6.07 Å². The second kappa shape index (κ2) is 8.49. The number of carbonyl (C=O) groups is 3. The number of nitrogens with zero attached hydrogens (tertiary/aromatic N) is 1. The van der Waals surface area contributed by atoms with Gasteiger partial charge in [-0.05, 0) is 30.2 Å². The lowest BCUT2D eigenvalue weighted by Gasteiger charge is -2.29. The van der Waals surface area contributed by atoms with Crippen molar-refractivity contribution >= 4 is 17.8 Å². The Morgan fingerprint density at radius 1 is 1.00 bits per heavy atom. The van der Waals surface area contributed by atoms with Crippen LogP contribution < -0.4 is 5.32 Å². The molecule has 0 fully saturated rings. The molecule has 1 atom stereocenters.